The van der Waals surface area contributed by atoms with Gasteiger partial charge in [0.15, 0.2) is 0 Å². The summed E-state index contributed by atoms with van der Waals surface area (Å²) in [6.45, 7) is 0.695. The summed E-state index contributed by atoms with van der Waals surface area (Å²) in [5.74, 6) is 0.272. The van der Waals surface area contributed by atoms with Gasteiger partial charge in [-0.3, -0.25) is 9.59 Å². The van der Waals surface area contributed by atoms with E-state index in [1.54, 1.807) is 29.2 Å². The maximum Gasteiger partial charge on any atom is 0.307 e. The highest BCUT2D eigenvalue weighted by atomic mass is 32.1. The van der Waals surface area contributed by atoms with Crippen LogP contribution in [0, 0.1) is 5.92 Å². The van der Waals surface area contributed by atoms with Crippen molar-refractivity contribution in [3.8, 4) is 0 Å². The molecule has 0 bridgehead atoms. The molecule has 1 unspecified atom stereocenters. The Morgan fingerprint density at radius 1 is 1.39 bits per heavy atom. The van der Waals surface area contributed by atoms with Crippen molar-refractivity contribution in [2.75, 3.05) is 17.2 Å². The van der Waals surface area contributed by atoms with Gasteiger partial charge in [0.2, 0.25) is 5.91 Å². The molecule has 1 aliphatic heterocycles. The van der Waals surface area contributed by atoms with Crippen LogP contribution >= 0.6 is 12.6 Å². The Balaban J connectivity index is 2.10. The topological polar surface area (TPSA) is 57.6 Å². The van der Waals surface area contributed by atoms with Crippen molar-refractivity contribution in [3.05, 3.63) is 29.8 Å². The van der Waals surface area contributed by atoms with Crippen molar-refractivity contribution < 1.29 is 14.7 Å². The molecular formula is C13H15NO3S. The van der Waals surface area contributed by atoms with Crippen LogP contribution in [0.4, 0.5) is 5.69 Å². The highest BCUT2D eigenvalue weighted by molar-refractivity contribution is 7.80. The molecule has 18 heavy (non-hydrogen) atoms. The minimum Gasteiger partial charge on any atom is -0.481 e. The molecule has 1 saturated heterocycles. The Kier molecular flexibility index (Phi) is 3.91. The third-order valence-corrected chi connectivity index (χ3v) is 3.58. The molecule has 1 fully saturated rings. The van der Waals surface area contributed by atoms with Gasteiger partial charge in [-0.2, -0.15) is 12.6 Å². The van der Waals surface area contributed by atoms with E-state index in [1.807, 2.05) is 0 Å². The van der Waals surface area contributed by atoms with Gasteiger partial charge in [-0.1, -0.05) is 12.1 Å². The normalized spacial score (nSPS) is 19.3. The lowest BCUT2D eigenvalue weighted by molar-refractivity contribution is -0.136. The monoisotopic (exact) mass is 265 g/mol. The largest absolute Gasteiger partial charge is 0.481 e. The predicted molar refractivity (Wildman–Crippen MR) is 72.1 cm³/mol. The summed E-state index contributed by atoms with van der Waals surface area (Å²) in [5, 5.41) is 8.68. The molecule has 1 aromatic rings. The maximum absolute atomic E-state index is 11.8. The summed E-state index contributed by atoms with van der Waals surface area (Å²) >= 11 is 4.22. The van der Waals surface area contributed by atoms with Crippen molar-refractivity contribution in [1.82, 2.24) is 0 Å². The quantitative estimate of drug-likeness (QED) is 0.813. The first-order valence-electron chi connectivity index (χ1n) is 5.82. The molecule has 0 radical (unpaired) electrons. The van der Waals surface area contributed by atoms with E-state index in [-0.39, 0.29) is 12.3 Å². The fraction of sp³-hybridized carbons (Fsp3) is 0.385. The first-order chi connectivity index (χ1) is 8.60. The van der Waals surface area contributed by atoms with Crippen LogP contribution in [-0.2, 0) is 16.0 Å². The van der Waals surface area contributed by atoms with E-state index < -0.39 is 5.97 Å². The molecule has 1 amide bonds. The average Bonchev–Trinajstić information content (AvgIpc) is 2.71. The predicted octanol–water partition coefficient (Wildman–Crippen LogP) is 1.60. The number of hydrogen-bond donors (Lipinski definition) is 2. The van der Waals surface area contributed by atoms with Crippen molar-refractivity contribution in [2.24, 2.45) is 5.92 Å². The summed E-state index contributed by atoms with van der Waals surface area (Å²) in [4.78, 5) is 24.1. The van der Waals surface area contributed by atoms with Gasteiger partial charge in [0.25, 0.3) is 0 Å². The first kappa shape index (κ1) is 13.0. The Morgan fingerprint density at radius 3 is 2.56 bits per heavy atom. The van der Waals surface area contributed by atoms with Crippen molar-refractivity contribution in [3.63, 3.8) is 0 Å². The fourth-order valence-corrected chi connectivity index (χ4v) is 2.37. The molecule has 1 aliphatic rings. The summed E-state index contributed by atoms with van der Waals surface area (Å²) in [7, 11) is 0. The molecule has 0 saturated carbocycles. The molecular weight excluding hydrogens is 250 g/mol. The molecule has 5 heteroatoms. The number of carbonyl (C=O) groups is 2. The Hall–Kier alpha value is -1.49. The van der Waals surface area contributed by atoms with Crippen LogP contribution in [-0.4, -0.2) is 29.3 Å². The van der Waals surface area contributed by atoms with Gasteiger partial charge in [-0.25, -0.2) is 0 Å². The van der Waals surface area contributed by atoms with Crippen LogP contribution in [0.5, 0.6) is 0 Å². The van der Waals surface area contributed by atoms with Crippen LogP contribution in [0.1, 0.15) is 12.0 Å². The van der Waals surface area contributed by atoms with E-state index in [2.05, 4.69) is 12.6 Å². The number of anilines is 1. The van der Waals surface area contributed by atoms with Crippen LogP contribution in [0.2, 0.25) is 0 Å². The lowest BCUT2D eigenvalue weighted by atomic mass is 10.1. The number of thiol groups is 1. The molecule has 96 valence electrons. The Morgan fingerprint density at radius 2 is 2.06 bits per heavy atom. The number of benzene rings is 1. The van der Waals surface area contributed by atoms with E-state index in [0.717, 1.165) is 11.3 Å². The molecule has 0 spiro atoms. The number of aliphatic carboxylic acids is 1. The van der Waals surface area contributed by atoms with Gasteiger partial charge in [-0.05, 0) is 29.4 Å². The van der Waals surface area contributed by atoms with E-state index in [1.165, 1.54) is 0 Å². The molecule has 1 atom stereocenters. The summed E-state index contributed by atoms with van der Waals surface area (Å²) < 4.78 is 0. The number of carboxylic acid groups (broad SMARTS) is 1. The van der Waals surface area contributed by atoms with Gasteiger partial charge in [0, 0.05) is 18.7 Å². The molecule has 1 N–H and O–H groups in total. The second-order valence-corrected chi connectivity index (χ2v) is 4.86. The molecule has 0 aromatic heterocycles. The SMILES string of the molecule is O=C(O)Cc1ccc(N2CC(CS)CC2=O)cc1. The third kappa shape index (κ3) is 2.85. The minimum absolute atomic E-state index is 0.00743. The lowest BCUT2D eigenvalue weighted by Crippen LogP contribution is -2.24. The second kappa shape index (κ2) is 5.44. The fourth-order valence-electron chi connectivity index (χ4n) is 2.12. The van der Waals surface area contributed by atoms with Crippen LogP contribution < -0.4 is 4.90 Å². The highest BCUT2D eigenvalue weighted by Gasteiger charge is 2.29. The van der Waals surface area contributed by atoms with Gasteiger partial charge in [-0.15, -0.1) is 0 Å². The van der Waals surface area contributed by atoms with Gasteiger partial charge in [0.05, 0.1) is 6.42 Å². The van der Waals surface area contributed by atoms with Crippen molar-refractivity contribution in [2.45, 2.75) is 12.8 Å². The van der Waals surface area contributed by atoms with Crippen LogP contribution in [0.25, 0.3) is 0 Å². The Labute approximate surface area is 111 Å². The molecule has 1 aromatic carbocycles. The second-order valence-electron chi connectivity index (χ2n) is 4.49. The summed E-state index contributed by atoms with van der Waals surface area (Å²) in [6.07, 6.45) is 0.549. The third-order valence-electron chi connectivity index (χ3n) is 3.07. The number of carboxylic acids is 1. The lowest BCUT2D eigenvalue weighted by Gasteiger charge is -2.16. The maximum atomic E-state index is 11.8. The minimum atomic E-state index is -0.852. The summed E-state index contributed by atoms with van der Waals surface area (Å²) in [5.41, 5.74) is 1.57. The summed E-state index contributed by atoms with van der Waals surface area (Å²) in [6, 6.07) is 7.11. The van der Waals surface area contributed by atoms with Crippen LogP contribution in [0.15, 0.2) is 24.3 Å². The van der Waals surface area contributed by atoms with Crippen LogP contribution in [0.3, 0.4) is 0 Å². The van der Waals surface area contributed by atoms with E-state index in [0.29, 0.717) is 24.6 Å². The van der Waals surface area contributed by atoms with Gasteiger partial charge in [0.1, 0.15) is 0 Å². The molecule has 1 heterocycles. The van der Waals surface area contributed by atoms with E-state index in [4.69, 9.17) is 5.11 Å². The molecule has 2 rings (SSSR count). The van der Waals surface area contributed by atoms with Gasteiger partial charge >= 0.3 is 5.97 Å². The number of hydrogen-bond acceptors (Lipinski definition) is 3. The highest BCUT2D eigenvalue weighted by Crippen LogP contribution is 2.25. The van der Waals surface area contributed by atoms with Gasteiger partial charge < -0.3 is 10.0 Å². The number of nitrogens with zero attached hydrogens (tertiary/aromatic N) is 1. The standard InChI is InChI=1S/C13H15NO3S/c15-12-5-10(8-18)7-14(12)11-3-1-9(2-4-11)6-13(16)17/h1-4,10,18H,5-8H2,(H,16,17). The zero-order chi connectivity index (χ0) is 13.1. The Bertz CT molecular complexity index is 458. The number of amides is 1. The molecule has 4 nitrogen and oxygen atoms in total. The molecule has 0 aliphatic carbocycles. The van der Waals surface area contributed by atoms with Crippen molar-refractivity contribution >= 4 is 30.2 Å². The zero-order valence-electron chi connectivity index (χ0n) is 9.87. The van der Waals surface area contributed by atoms with Crippen molar-refractivity contribution in [1.29, 1.82) is 0 Å². The average molecular weight is 265 g/mol. The first-order valence-corrected chi connectivity index (χ1v) is 6.45. The number of carbonyl (C=O) groups excluding carboxylic acids is 1. The van der Waals surface area contributed by atoms with E-state index in [9.17, 15) is 9.59 Å². The smallest absolute Gasteiger partial charge is 0.307 e. The number of rotatable bonds is 4. The zero-order valence-corrected chi connectivity index (χ0v) is 10.8. The van der Waals surface area contributed by atoms with E-state index >= 15 is 0 Å².